The smallest absolute Gasteiger partial charge is 0.260 e. The van der Waals surface area contributed by atoms with E-state index < -0.39 is 0 Å². The Labute approximate surface area is 212 Å². The summed E-state index contributed by atoms with van der Waals surface area (Å²) in [5, 5.41) is 3.52. The summed E-state index contributed by atoms with van der Waals surface area (Å²) in [6.07, 6.45) is 0. The Kier molecular flexibility index (Phi) is 6.51. The van der Waals surface area contributed by atoms with Crippen LogP contribution in [-0.4, -0.2) is 55.1 Å². The molecule has 0 saturated carbocycles. The van der Waals surface area contributed by atoms with Crippen molar-refractivity contribution in [2.45, 2.75) is 6.92 Å². The Hall–Kier alpha value is -3.33. The number of ether oxygens (including phenoxy) is 1. The molecule has 5 aromatic rings. The van der Waals surface area contributed by atoms with Crippen LogP contribution < -0.4 is 9.64 Å². The number of nitrogens with zero attached hydrogens (tertiary/aromatic N) is 4. The Morgan fingerprint density at radius 1 is 1.03 bits per heavy atom. The number of para-hydroxylation sites is 1. The molecule has 0 radical (unpaired) electrons. The minimum absolute atomic E-state index is 0.0843. The predicted octanol–water partition coefficient (Wildman–Crippen LogP) is 6.10. The summed E-state index contributed by atoms with van der Waals surface area (Å²) in [4.78, 5) is 28.9. The van der Waals surface area contributed by atoms with E-state index in [4.69, 9.17) is 14.7 Å². The fraction of sp³-hybridized carbons (Fsp3) is 0.222. The van der Waals surface area contributed by atoms with E-state index in [9.17, 15) is 4.79 Å². The number of aromatic nitrogens is 2. The first-order valence-corrected chi connectivity index (χ1v) is 13.0. The fourth-order valence-electron chi connectivity index (χ4n) is 4.01. The van der Waals surface area contributed by atoms with E-state index >= 15 is 0 Å². The Morgan fingerprint density at radius 3 is 2.60 bits per heavy atom. The molecule has 6 nitrogen and oxygen atoms in total. The number of carbonyl (C=O) groups excluding carboxylic acids is 1. The molecular formula is C27H26N4O2S2. The summed E-state index contributed by atoms with van der Waals surface area (Å²) >= 11 is 3.14. The van der Waals surface area contributed by atoms with Crippen molar-refractivity contribution in [3.63, 3.8) is 0 Å². The van der Waals surface area contributed by atoms with Gasteiger partial charge in [0, 0.05) is 18.5 Å². The molecule has 2 aromatic carbocycles. The molecule has 8 heteroatoms. The number of fused-ring (bicyclic) bond motifs is 2. The molecule has 0 unspecified atom stereocenters. The van der Waals surface area contributed by atoms with E-state index in [1.165, 1.54) is 11.3 Å². The first-order valence-electron chi connectivity index (χ1n) is 11.3. The largest absolute Gasteiger partial charge is 0.494 e. The molecular weight excluding hydrogens is 476 g/mol. The molecule has 35 heavy (non-hydrogen) atoms. The monoisotopic (exact) mass is 502 g/mol. The topological polar surface area (TPSA) is 58.6 Å². The Bertz CT molecular complexity index is 1510. The Balaban J connectivity index is 1.67. The SMILES string of the molecule is COc1ccc(C)c2sc(N(CCN(C)C)C(=O)c3cc(-c4cccs4)nc4ccccc34)nc12. The summed E-state index contributed by atoms with van der Waals surface area (Å²) in [7, 11) is 5.66. The summed E-state index contributed by atoms with van der Waals surface area (Å²) in [6.45, 7) is 3.27. The lowest BCUT2D eigenvalue weighted by molar-refractivity contribution is 0.0986. The molecule has 0 bridgehead atoms. The second-order valence-electron chi connectivity index (χ2n) is 8.57. The normalized spacial score (nSPS) is 11.5. The molecule has 5 rings (SSSR count). The van der Waals surface area contributed by atoms with Crippen LogP contribution in [0.4, 0.5) is 5.13 Å². The number of benzene rings is 2. The lowest BCUT2D eigenvalue weighted by Gasteiger charge is -2.23. The number of likely N-dealkylation sites (N-methyl/N-ethyl adjacent to an activating group) is 1. The van der Waals surface area contributed by atoms with Crippen LogP contribution in [0.2, 0.25) is 0 Å². The van der Waals surface area contributed by atoms with Crippen molar-refractivity contribution in [2.75, 3.05) is 39.2 Å². The highest BCUT2D eigenvalue weighted by Gasteiger charge is 2.25. The Morgan fingerprint density at radius 2 is 1.86 bits per heavy atom. The zero-order valence-corrected chi connectivity index (χ0v) is 21.7. The second-order valence-corrected chi connectivity index (χ2v) is 10.5. The average molecular weight is 503 g/mol. The van der Waals surface area contributed by atoms with Gasteiger partial charge in [-0.3, -0.25) is 9.69 Å². The van der Waals surface area contributed by atoms with Crippen molar-refractivity contribution < 1.29 is 9.53 Å². The van der Waals surface area contributed by atoms with E-state index in [-0.39, 0.29) is 5.91 Å². The third-order valence-electron chi connectivity index (χ3n) is 5.88. The average Bonchev–Trinajstić information content (AvgIpc) is 3.55. The van der Waals surface area contributed by atoms with Gasteiger partial charge in [0.25, 0.3) is 5.91 Å². The summed E-state index contributed by atoms with van der Waals surface area (Å²) in [6, 6.07) is 17.7. The number of thiazole rings is 1. The lowest BCUT2D eigenvalue weighted by Crippen LogP contribution is -2.37. The maximum atomic E-state index is 14.2. The standard InChI is InChI=1S/C27H26N4O2S2/c1-17-11-12-22(33-4)24-25(17)35-27(29-24)31(14-13-30(2)3)26(32)19-16-21(23-10-7-15-34-23)28-20-9-6-5-8-18(19)20/h5-12,15-16H,13-14H2,1-4H3. The van der Waals surface area contributed by atoms with Crippen molar-refractivity contribution in [2.24, 2.45) is 0 Å². The summed E-state index contributed by atoms with van der Waals surface area (Å²) in [5.74, 6) is 0.626. The molecule has 0 atom stereocenters. The number of anilines is 1. The van der Waals surface area contributed by atoms with Crippen molar-refractivity contribution >= 4 is 54.8 Å². The van der Waals surface area contributed by atoms with Crippen LogP contribution in [-0.2, 0) is 0 Å². The first kappa shape index (κ1) is 23.4. The van der Waals surface area contributed by atoms with Gasteiger partial charge in [-0.05, 0) is 56.2 Å². The number of carbonyl (C=O) groups is 1. The van der Waals surface area contributed by atoms with E-state index in [1.807, 2.05) is 74.1 Å². The van der Waals surface area contributed by atoms with Gasteiger partial charge < -0.3 is 9.64 Å². The molecule has 3 aromatic heterocycles. The van der Waals surface area contributed by atoms with Gasteiger partial charge in [-0.2, -0.15) is 0 Å². The predicted molar refractivity (Wildman–Crippen MR) is 146 cm³/mol. The highest BCUT2D eigenvalue weighted by molar-refractivity contribution is 7.22. The van der Waals surface area contributed by atoms with Gasteiger partial charge in [0.15, 0.2) is 5.13 Å². The van der Waals surface area contributed by atoms with Crippen molar-refractivity contribution in [3.05, 3.63) is 71.1 Å². The molecule has 0 aliphatic carbocycles. The second kappa shape index (κ2) is 9.73. The van der Waals surface area contributed by atoms with E-state index in [2.05, 4.69) is 11.8 Å². The molecule has 1 amide bonds. The third-order valence-corrected chi connectivity index (χ3v) is 7.99. The summed E-state index contributed by atoms with van der Waals surface area (Å²) < 4.78 is 6.59. The van der Waals surface area contributed by atoms with Gasteiger partial charge in [-0.25, -0.2) is 9.97 Å². The van der Waals surface area contributed by atoms with Crippen LogP contribution in [0.15, 0.2) is 60.0 Å². The highest BCUT2D eigenvalue weighted by atomic mass is 32.1. The summed E-state index contributed by atoms with van der Waals surface area (Å²) in [5.41, 5.74) is 4.13. The van der Waals surface area contributed by atoms with Gasteiger partial charge in [0.1, 0.15) is 11.3 Å². The number of amides is 1. The minimum Gasteiger partial charge on any atom is -0.494 e. The van der Waals surface area contributed by atoms with Crippen LogP contribution >= 0.6 is 22.7 Å². The van der Waals surface area contributed by atoms with Crippen molar-refractivity contribution in [1.29, 1.82) is 0 Å². The van der Waals surface area contributed by atoms with Crippen LogP contribution in [0.5, 0.6) is 5.75 Å². The molecule has 178 valence electrons. The van der Waals surface area contributed by atoms with Gasteiger partial charge in [0.05, 0.1) is 33.5 Å². The maximum Gasteiger partial charge on any atom is 0.260 e. The van der Waals surface area contributed by atoms with Crippen molar-refractivity contribution in [3.8, 4) is 16.3 Å². The maximum absolute atomic E-state index is 14.2. The minimum atomic E-state index is -0.0843. The lowest BCUT2D eigenvalue weighted by atomic mass is 10.1. The third kappa shape index (κ3) is 4.52. The molecule has 0 spiro atoms. The van der Waals surface area contributed by atoms with Gasteiger partial charge in [-0.1, -0.05) is 41.7 Å². The first-order chi connectivity index (χ1) is 17.0. The van der Waals surface area contributed by atoms with E-state index in [0.29, 0.717) is 29.5 Å². The van der Waals surface area contributed by atoms with E-state index in [0.717, 1.165) is 37.3 Å². The van der Waals surface area contributed by atoms with Crippen LogP contribution in [0.25, 0.3) is 31.7 Å². The number of rotatable bonds is 7. The quantitative estimate of drug-likeness (QED) is 0.269. The fourth-order valence-corrected chi connectivity index (χ4v) is 5.77. The number of aryl methyl sites for hydroxylation is 1. The van der Waals surface area contributed by atoms with Gasteiger partial charge in [0.2, 0.25) is 0 Å². The number of hydrogen-bond donors (Lipinski definition) is 0. The molecule has 3 heterocycles. The van der Waals surface area contributed by atoms with Crippen molar-refractivity contribution in [1.82, 2.24) is 14.9 Å². The van der Waals surface area contributed by atoms with Gasteiger partial charge >= 0.3 is 0 Å². The number of hydrogen-bond acceptors (Lipinski definition) is 7. The number of pyridine rings is 1. The number of thiophene rings is 1. The van der Waals surface area contributed by atoms with Crippen LogP contribution in [0.1, 0.15) is 15.9 Å². The van der Waals surface area contributed by atoms with Crippen LogP contribution in [0.3, 0.4) is 0 Å². The molecule has 0 aliphatic heterocycles. The van der Waals surface area contributed by atoms with E-state index in [1.54, 1.807) is 23.3 Å². The van der Waals surface area contributed by atoms with Crippen LogP contribution in [0, 0.1) is 6.92 Å². The molecule has 0 aliphatic rings. The molecule has 0 fully saturated rings. The highest BCUT2D eigenvalue weighted by Crippen LogP contribution is 2.37. The number of methoxy groups -OCH3 is 1. The zero-order valence-electron chi connectivity index (χ0n) is 20.1. The van der Waals surface area contributed by atoms with Gasteiger partial charge in [-0.15, -0.1) is 11.3 Å². The molecule has 0 N–H and O–H groups in total. The molecule has 0 saturated heterocycles. The zero-order chi connectivity index (χ0) is 24.5.